The predicted molar refractivity (Wildman–Crippen MR) is 120 cm³/mol. The maximum atomic E-state index is 13.4. The molecule has 0 atom stereocenters. The molecule has 4 rings (SSSR count). The van der Waals surface area contributed by atoms with Gasteiger partial charge < -0.3 is 15.0 Å². The molecule has 0 unspecified atom stereocenters. The molecule has 0 spiro atoms. The van der Waals surface area contributed by atoms with Crippen molar-refractivity contribution >= 4 is 17.5 Å². The summed E-state index contributed by atoms with van der Waals surface area (Å²) in [7, 11) is 0. The van der Waals surface area contributed by atoms with Crippen molar-refractivity contribution in [1.82, 2.24) is 14.7 Å². The Kier molecular flexibility index (Phi) is 7.47. The van der Waals surface area contributed by atoms with Crippen LogP contribution in [0.3, 0.4) is 0 Å². The zero-order chi connectivity index (χ0) is 22.3. The van der Waals surface area contributed by atoms with Gasteiger partial charge in [0.2, 0.25) is 5.91 Å². The van der Waals surface area contributed by atoms with Crippen LogP contribution in [0.4, 0.5) is 10.1 Å². The molecular weight excluding hydrogens is 411 g/mol. The normalized spacial score (nSPS) is 17.8. The second-order valence-electron chi connectivity index (χ2n) is 8.21. The number of benzene rings is 2. The third-order valence-corrected chi connectivity index (χ3v) is 5.85. The molecule has 2 heterocycles. The topological polar surface area (TPSA) is 65.1 Å². The van der Waals surface area contributed by atoms with E-state index in [1.54, 1.807) is 17.0 Å². The van der Waals surface area contributed by atoms with Crippen LogP contribution < -0.4 is 5.32 Å². The molecule has 0 aliphatic carbocycles. The van der Waals surface area contributed by atoms with E-state index >= 15 is 0 Å². The van der Waals surface area contributed by atoms with E-state index in [4.69, 9.17) is 4.74 Å². The van der Waals surface area contributed by atoms with E-state index in [-0.39, 0.29) is 18.4 Å². The summed E-state index contributed by atoms with van der Waals surface area (Å²) >= 11 is 0. The van der Waals surface area contributed by atoms with E-state index in [2.05, 4.69) is 10.2 Å². The molecule has 2 fully saturated rings. The zero-order valence-corrected chi connectivity index (χ0v) is 18.1. The van der Waals surface area contributed by atoms with Crippen molar-refractivity contribution in [2.75, 3.05) is 64.3 Å². The summed E-state index contributed by atoms with van der Waals surface area (Å²) in [5, 5.41) is 2.95. The Hall–Kier alpha value is -2.81. The first kappa shape index (κ1) is 22.4. The summed E-state index contributed by atoms with van der Waals surface area (Å²) in [4.78, 5) is 31.1. The van der Waals surface area contributed by atoms with Crippen molar-refractivity contribution in [3.05, 3.63) is 65.5 Å². The molecule has 2 aromatic rings. The quantitative estimate of drug-likeness (QED) is 0.745. The van der Waals surface area contributed by atoms with Crippen LogP contribution >= 0.6 is 0 Å². The molecule has 2 aliphatic rings. The number of ether oxygens (including phenoxy) is 1. The van der Waals surface area contributed by atoms with Gasteiger partial charge in [0.05, 0.1) is 19.8 Å². The SMILES string of the molecule is O=C(CN1CCN(C(=O)c2cccc(F)c2)CC1)Nc1ccc(CN2CCOCC2)cc1. The maximum Gasteiger partial charge on any atom is 0.254 e. The first-order chi connectivity index (χ1) is 15.6. The monoisotopic (exact) mass is 440 g/mol. The highest BCUT2D eigenvalue weighted by molar-refractivity contribution is 5.94. The number of carbonyl (C=O) groups excluding carboxylic acids is 2. The van der Waals surface area contributed by atoms with E-state index in [0.29, 0.717) is 31.7 Å². The fourth-order valence-electron chi connectivity index (χ4n) is 4.03. The molecule has 0 bridgehead atoms. The fourth-order valence-corrected chi connectivity index (χ4v) is 4.03. The second kappa shape index (κ2) is 10.7. The molecule has 0 aromatic heterocycles. The van der Waals surface area contributed by atoms with E-state index in [1.807, 2.05) is 29.2 Å². The molecule has 0 radical (unpaired) electrons. The second-order valence-corrected chi connectivity index (χ2v) is 8.21. The summed E-state index contributed by atoms with van der Waals surface area (Å²) in [6.45, 7) is 6.84. The van der Waals surface area contributed by atoms with Crippen molar-refractivity contribution in [1.29, 1.82) is 0 Å². The molecule has 7 nitrogen and oxygen atoms in total. The van der Waals surface area contributed by atoms with Gasteiger partial charge in [-0.25, -0.2) is 4.39 Å². The van der Waals surface area contributed by atoms with Crippen LogP contribution in [0, 0.1) is 5.82 Å². The van der Waals surface area contributed by atoms with Gasteiger partial charge in [-0.05, 0) is 35.9 Å². The number of amides is 2. The van der Waals surface area contributed by atoms with Crippen molar-refractivity contribution in [3.8, 4) is 0 Å². The number of nitrogens with zero attached hydrogens (tertiary/aromatic N) is 3. The fraction of sp³-hybridized carbons (Fsp3) is 0.417. The first-order valence-corrected chi connectivity index (χ1v) is 11.0. The Labute approximate surface area is 187 Å². The minimum atomic E-state index is -0.416. The summed E-state index contributed by atoms with van der Waals surface area (Å²) < 4.78 is 18.8. The third-order valence-electron chi connectivity index (χ3n) is 5.85. The molecule has 2 aromatic carbocycles. The van der Waals surface area contributed by atoms with E-state index in [1.165, 1.54) is 17.7 Å². The van der Waals surface area contributed by atoms with Gasteiger partial charge in [0.25, 0.3) is 5.91 Å². The minimum Gasteiger partial charge on any atom is -0.379 e. The van der Waals surface area contributed by atoms with Gasteiger partial charge in [-0.1, -0.05) is 18.2 Å². The molecule has 2 amide bonds. The molecule has 32 heavy (non-hydrogen) atoms. The molecule has 2 saturated heterocycles. The third kappa shape index (κ3) is 6.12. The number of halogens is 1. The molecule has 2 aliphatic heterocycles. The molecule has 1 N–H and O–H groups in total. The van der Waals surface area contributed by atoms with Crippen LogP contribution in [0.5, 0.6) is 0 Å². The Morgan fingerprint density at radius 1 is 0.906 bits per heavy atom. The predicted octanol–water partition coefficient (Wildman–Crippen LogP) is 2.05. The number of morpholine rings is 1. The number of piperazine rings is 1. The molecule has 170 valence electrons. The highest BCUT2D eigenvalue weighted by Crippen LogP contribution is 2.14. The van der Waals surface area contributed by atoms with Crippen LogP contribution in [-0.2, 0) is 16.1 Å². The first-order valence-electron chi connectivity index (χ1n) is 11.0. The van der Waals surface area contributed by atoms with Crippen LogP contribution in [0.15, 0.2) is 48.5 Å². The lowest BCUT2D eigenvalue weighted by Crippen LogP contribution is -2.50. The summed E-state index contributed by atoms with van der Waals surface area (Å²) in [6, 6.07) is 13.7. The number of hydrogen-bond donors (Lipinski definition) is 1. The van der Waals surface area contributed by atoms with Crippen molar-refractivity contribution in [3.63, 3.8) is 0 Å². The Morgan fingerprint density at radius 3 is 2.31 bits per heavy atom. The molecular formula is C24H29FN4O3. The summed E-state index contributed by atoms with van der Waals surface area (Å²) in [5.74, 6) is -0.665. The van der Waals surface area contributed by atoms with Crippen LogP contribution in [-0.4, -0.2) is 85.5 Å². The van der Waals surface area contributed by atoms with Gasteiger partial charge in [0, 0.05) is 57.1 Å². The van der Waals surface area contributed by atoms with E-state index in [0.717, 1.165) is 38.5 Å². The number of nitrogens with one attached hydrogen (secondary N) is 1. The minimum absolute atomic E-state index is 0.0733. The number of hydrogen-bond acceptors (Lipinski definition) is 5. The lowest BCUT2D eigenvalue weighted by Gasteiger charge is -2.34. The van der Waals surface area contributed by atoms with Crippen LogP contribution in [0.25, 0.3) is 0 Å². The van der Waals surface area contributed by atoms with Crippen LogP contribution in [0.2, 0.25) is 0 Å². The van der Waals surface area contributed by atoms with Gasteiger partial charge in [-0.2, -0.15) is 0 Å². The van der Waals surface area contributed by atoms with Crippen molar-refractivity contribution in [2.45, 2.75) is 6.54 Å². The summed E-state index contributed by atoms with van der Waals surface area (Å²) in [6.07, 6.45) is 0. The van der Waals surface area contributed by atoms with Crippen LogP contribution in [0.1, 0.15) is 15.9 Å². The van der Waals surface area contributed by atoms with Gasteiger partial charge >= 0.3 is 0 Å². The van der Waals surface area contributed by atoms with E-state index < -0.39 is 5.82 Å². The Balaban J connectivity index is 1.20. The Bertz CT molecular complexity index is 923. The number of rotatable bonds is 6. The zero-order valence-electron chi connectivity index (χ0n) is 18.1. The number of carbonyl (C=O) groups is 2. The lowest BCUT2D eigenvalue weighted by atomic mass is 10.1. The lowest BCUT2D eigenvalue weighted by molar-refractivity contribution is -0.117. The van der Waals surface area contributed by atoms with Gasteiger partial charge in [0.1, 0.15) is 5.82 Å². The number of anilines is 1. The van der Waals surface area contributed by atoms with E-state index in [9.17, 15) is 14.0 Å². The van der Waals surface area contributed by atoms with Gasteiger partial charge in [-0.15, -0.1) is 0 Å². The van der Waals surface area contributed by atoms with Crippen molar-refractivity contribution in [2.24, 2.45) is 0 Å². The largest absolute Gasteiger partial charge is 0.379 e. The standard InChI is InChI=1S/C24H29FN4O3/c25-21-3-1-2-20(16-21)24(31)29-10-8-27(9-11-29)18-23(30)26-22-6-4-19(5-7-22)17-28-12-14-32-15-13-28/h1-7,16H,8-15,17-18H2,(H,26,30). The smallest absolute Gasteiger partial charge is 0.254 e. The highest BCUT2D eigenvalue weighted by atomic mass is 19.1. The Morgan fingerprint density at radius 2 is 1.62 bits per heavy atom. The van der Waals surface area contributed by atoms with Gasteiger partial charge in [-0.3, -0.25) is 19.4 Å². The summed E-state index contributed by atoms with van der Waals surface area (Å²) in [5.41, 5.74) is 2.35. The maximum absolute atomic E-state index is 13.4. The van der Waals surface area contributed by atoms with Gasteiger partial charge in [0.15, 0.2) is 0 Å². The highest BCUT2D eigenvalue weighted by Gasteiger charge is 2.23. The molecule has 0 saturated carbocycles. The average Bonchev–Trinajstić information content (AvgIpc) is 2.81. The average molecular weight is 441 g/mol. The van der Waals surface area contributed by atoms with Crippen molar-refractivity contribution < 1.29 is 18.7 Å². The molecule has 8 heteroatoms.